The first kappa shape index (κ1) is 15.0. The summed E-state index contributed by atoms with van der Waals surface area (Å²) in [7, 11) is 0. The number of ether oxygens (including phenoxy) is 1. The Kier molecular flexibility index (Phi) is 4.18. The summed E-state index contributed by atoms with van der Waals surface area (Å²) < 4.78 is 31.9. The summed E-state index contributed by atoms with van der Waals surface area (Å²) in [5.41, 5.74) is -2.02. The summed E-state index contributed by atoms with van der Waals surface area (Å²) in [5, 5.41) is 10.4. The van der Waals surface area contributed by atoms with Crippen molar-refractivity contribution in [1.29, 1.82) is 0 Å². The largest absolute Gasteiger partial charge is 0.460 e. The molecule has 0 aliphatic rings. The standard InChI is InChI=1S/C12H13F2NO4/c1-12(2,3)19-11(16)6-8-9(13)4-7(15(17)18)5-10(8)14/h4-5H,6H2,1-3H3. The summed E-state index contributed by atoms with van der Waals surface area (Å²) in [4.78, 5) is 21.0. The van der Waals surface area contributed by atoms with Crippen LogP contribution >= 0.6 is 0 Å². The zero-order valence-electron chi connectivity index (χ0n) is 10.7. The molecule has 0 N–H and O–H groups in total. The second-order valence-electron chi connectivity index (χ2n) is 4.91. The molecule has 7 heteroatoms. The fourth-order valence-corrected chi connectivity index (χ4v) is 1.39. The molecule has 5 nitrogen and oxygen atoms in total. The maximum absolute atomic E-state index is 13.5. The average Bonchev–Trinajstić information content (AvgIpc) is 2.20. The first-order valence-corrected chi connectivity index (χ1v) is 5.44. The molecule has 0 atom stereocenters. The van der Waals surface area contributed by atoms with Crippen molar-refractivity contribution in [3.05, 3.63) is 39.4 Å². The minimum Gasteiger partial charge on any atom is -0.460 e. The van der Waals surface area contributed by atoms with E-state index < -0.39 is 45.8 Å². The van der Waals surface area contributed by atoms with Gasteiger partial charge in [-0.05, 0) is 20.8 Å². The van der Waals surface area contributed by atoms with Crippen LogP contribution in [-0.4, -0.2) is 16.5 Å². The molecule has 0 radical (unpaired) electrons. The smallest absolute Gasteiger partial charge is 0.310 e. The summed E-state index contributed by atoms with van der Waals surface area (Å²) in [6.45, 7) is 4.86. The van der Waals surface area contributed by atoms with Crippen LogP contribution in [0.5, 0.6) is 0 Å². The Bertz CT molecular complexity index is 500. The van der Waals surface area contributed by atoms with Crippen LogP contribution < -0.4 is 0 Å². The normalized spacial score (nSPS) is 11.2. The van der Waals surface area contributed by atoms with Crippen LogP contribution in [-0.2, 0) is 16.0 Å². The molecule has 1 aromatic carbocycles. The van der Waals surface area contributed by atoms with Gasteiger partial charge in [-0.15, -0.1) is 0 Å². The number of hydrogen-bond donors (Lipinski definition) is 0. The second kappa shape index (κ2) is 5.29. The van der Waals surface area contributed by atoms with E-state index in [1.807, 2.05) is 0 Å². The van der Waals surface area contributed by atoms with Crippen LogP contribution in [0, 0.1) is 21.7 Å². The van der Waals surface area contributed by atoms with E-state index in [0.29, 0.717) is 12.1 Å². The summed E-state index contributed by atoms with van der Waals surface area (Å²) >= 11 is 0. The quantitative estimate of drug-likeness (QED) is 0.482. The molecule has 0 amide bonds. The van der Waals surface area contributed by atoms with Gasteiger partial charge in [-0.3, -0.25) is 14.9 Å². The van der Waals surface area contributed by atoms with E-state index >= 15 is 0 Å². The van der Waals surface area contributed by atoms with Gasteiger partial charge in [0.25, 0.3) is 5.69 Å². The van der Waals surface area contributed by atoms with Crippen molar-refractivity contribution in [2.45, 2.75) is 32.8 Å². The van der Waals surface area contributed by atoms with Gasteiger partial charge in [-0.2, -0.15) is 0 Å². The molecule has 0 bridgehead atoms. The predicted molar refractivity (Wildman–Crippen MR) is 62.6 cm³/mol. The van der Waals surface area contributed by atoms with E-state index in [1.165, 1.54) is 0 Å². The Hall–Kier alpha value is -2.05. The molecule has 0 unspecified atom stereocenters. The van der Waals surface area contributed by atoms with E-state index in [4.69, 9.17) is 4.74 Å². The summed E-state index contributed by atoms with van der Waals surface area (Å²) in [6.07, 6.45) is -0.618. The molecule has 104 valence electrons. The van der Waals surface area contributed by atoms with Gasteiger partial charge in [0, 0.05) is 5.56 Å². The number of non-ortho nitro benzene ring substituents is 1. The molecule has 19 heavy (non-hydrogen) atoms. The highest BCUT2D eigenvalue weighted by atomic mass is 19.1. The first-order chi connectivity index (χ1) is 8.60. The highest BCUT2D eigenvalue weighted by Crippen LogP contribution is 2.22. The number of rotatable bonds is 3. The molecule has 0 saturated carbocycles. The molecular formula is C12H13F2NO4. The third kappa shape index (κ3) is 4.27. The molecule has 0 fully saturated rings. The minimum atomic E-state index is -1.14. The van der Waals surface area contributed by atoms with Crippen LogP contribution in [0.25, 0.3) is 0 Å². The van der Waals surface area contributed by atoms with Gasteiger partial charge in [-0.1, -0.05) is 0 Å². The summed E-state index contributed by atoms with van der Waals surface area (Å²) in [5.74, 6) is -3.09. The Morgan fingerprint density at radius 1 is 1.32 bits per heavy atom. The Morgan fingerprint density at radius 2 is 1.79 bits per heavy atom. The third-order valence-corrected chi connectivity index (χ3v) is 2.08. The van der Waals surface area contributed by atoms with Crippen molar-refractivity contribution in [3.63, 3.8) is 0 Å². The van der Waals surface area contributed by atoms with Crippen molar-refractivity contribution in [3.8, 4) is 0 Å². The number of nitro groups is 1. The topological polar surface area (TPSA) is 69.4 Å². The Balaban J connectivity index is 2.97. The lowest BCUT2D eigenvalue weighted by atomic mass is 10.1. The van der Waals surface area contributed by atoms with Crippen LogP contribution in [0.3, 0.4) is 0 Å². The van der Waals surface area contributed by atoms with Crippen molar-refractivity contribution in [1.82, 2.24) is 0 Å². The number of carbonyl (C=O) groups excluding carboxylic acids is 1. The van der Waals surface area contributed by atoms with E-state index in [-0.39, 0.29) is 0 Å². The van der Waals surface area contributed by atoms with Crippen molar-refractivity contribution in [2.75, 3.05) is 0 Å². The number of hydrogen-bond acceptors (Lipinski definition) is 4. The van der Waals surface area contributed by atoms with Crippen molar-refractivity contribution >= 4 is 11.7 Å². The van der Waals surface area contributed by atoms with E-state index in [9.17, 15) is 23.7 Å². The highest BCUT2D eigenvalue weighted by molar-refractivity contribution is 5.73. The molecule has 1 aromatic rings. The van der Waals surface area contributed by atoms with Crippen LogP contribution in [0.1, 0.15) is 26.3 Å². The van der Waals surface area contributed by atoms with E-state index in [2.05, 4.69) is 0 Å². The zero-order valence-corrected chi connectivity index (χ0v) is 10.7. The zero-order chi connectivity index (χ0) is 14.8. The molecule has 0 aromatic heterocycles. The second-order valence-corrected chi connectivity index (χ2v) is 4.91. The monoisotopic (exact) mass is 273 g/mol. The Morgan fingerprint density at radius 3 is 2.16 bits per heavy atom. The van der Waals surface area contributed by atoms with Gasteiger partial charge in [0.2, 0.25) is 0 Å². The Labute approximate surface area is 108 Å². The average molecular weight is 273 g/mol. The fraction of sp³-hybridized carbons (Fsp3) is 0.417. The van der Waals surface area contributed by atoms with Gasteiger partial charge in [0.05, 0.1) is 23.5 Å². The fourth-order valence-electron chi connectivity index (χ4n) is 1.39. The number of nitro benzene ring substituents is 1. The number of nitrogens with zero attached hydrogens (tertiary/aromatic N) is 1. The molecule has 0 aliphatic heterocycles. The van der Waals surface area contributed by atoms with Gasteiger partial charge in [0.1, 0.15) is 17.2 Å². The van der Waals surface area contributed by atoms with Crippen molar-refractivity contribution < 1.29 is 23.2 Å². The number of esters is 1. The first-order valence-electron chi connectivity index (χ1n) is 5.44. The summed E-state index contributed by atoms with van der Waals surface area (Å²) in [6, 6.07) is 1.14. The van der Waals surface area contributed by atoms with Gasteiger partial charge >= 0.3 is 5.97 Å². The predicted octanol–water partition coefficient (Wildman–Crippen LogP) is 2.76. The number of benzene rings is 1. The molecule has 0 aliphatic carbocycles. The van der Waals surface area contributed by atoms with Crippen LogP contribution in [0.15, 0.2) is 12.1 Å². The van der Waals surface area contributed by atoms with E-state index in [1.54, 1.807) is 20.8 Å². The molecule has 0 saturated heterocycles. The molecule has 1 rings (SSSR count). The number of carbonyl (C=O) groups is 1. The SMILES string of the molecule is CC(C)(C)OC(=O)Cc1c(F)cc([N+](=O)[O-])cc1F. The third-order valence-electron chi connectivity index (χ3n) is 2.08. The van der Waals surface area contributed by atoms with Crippen LogP contribution in [0.4, 0.5) is 14.5 Å². The molecule has 0 spiro atoms. The minimum absolute atomic E-state index is 0.542. The molecular weight excluding hydrogens is 260 g/mol. The lowest BCUT2D eigenvalue weighted by Gasteiger charge is -2.19. The van der Waals surface area contributed by atoms with Crippen molar-refractivity contribution in [2.24, 2.45) is 0 Å². The van der Waals surface area contributed by atoms with Gasteiger partial charge < -0.3 is 4.74 Å². The maximum atomic E-state index is 13.5. The number of halogens is 2. The van der Waals surface area contributed by atoms with Gasteiger partial charge in [0.15, 0.2) is 0 Å². The van der Waals surface area contributed by atoms with E-state index in [0.717, 1.165) is 0 Å². The maximum Gasteiger partial charge on any atom is 0.310 e. The highest BCUT2D eigenvalue weighted by Gasteiger charge is 2.22. The van der Waals surface area contributed by atoms with Gasteiger partial charge in [-0.25, -0.2) is 8.78 Å². The molecule has 0 heterocycles. The lowest BCUT2D eigenvalue weighted by Crippen LogP contribution is -2.25. The van der Waals surface area contributed by atoms with Crippen LogP contribution in [0.2, 0.25) is 0 Å². The lowest BCUT2D eigenvalue weighted by molar-refractivity contribution is -0.385.